The Labute approximate surface area is 135 Å². The van der Waals surface area contributed by atoms with Crippen molar-refractivity contribution in [2.75, 3.05) is 0 Å². The summed E-state index contributed by atoms with van der Waals surface area (Å²) in [5.41, 5.74) is -4.62. The third-order valence-corrected chi connectivity index (χ3v) is 7.42. The lowest BCUT2D eigenvalue weighted by Crippen LogP contribution is -2.58. The van der Waals surface area contributed by atoms with E-state index < -0.39 is 30.3 Å². The van der Waals surface area contributed by atoms with Crippen LogP contribution in [0.25, 0.3) is 0 Å². The van der Waals surface area contributed by atoms with Gasteiger partial charge in [-0.15, -0.1) is 0 Å². The zero-order valence-electron chi connectivity index (χ0n) is 12.8. The van der Waals surface area contributed by atoms with Crippen molar-refractivity contribution in [3.8, 4) is 0 Å². The van der Waals surface area contributed by atoms with E-state index in [1.54, 1.807) is 0 Å². The summed E-state index contributed by atoms with van der Waals surface area (Å²) < 4.78 is 77.8. The number of fused-ring (bicyclic) bond motifs is 9. The lowest BCUT2D eigenvalue weighted by molar-refractivity contribution is -0.373. The van der Waals surface area contributed by atoms with Crippen LogP contribution in [-0.2, 0) is 0 Å². The normalized spacial score (nSPS) is 47.5. The van der Waals surface area contributed by atoms with Gasteiger partial charge < -0.3 is 10.2 Å². The van der Waals surface area contributed by atoms with Crippen LogP contribution in [0.4, 0.5) is 26.3 Å². The summed E-state index contributed by atoms with van der Waals surface area (Å²) in [5.74, 6) is -0.0594. The van der Waals surface area contributed by atoms with Crippen LogP contribution < -0.4 is 0 Å². The highest BCUT2D eigenvalue weighted by molar-refractivity contribution is 5.14. The van der Waals surface area contributed by atoms with Gasteiger partial charge in [-0.2, -0.15) is 26.3 Å². The molecule has 0 aliphatic heterocycles. The van der Waals surface area contributed by atoms with E-state index in [0.717, 1.165) is 6.42 Å². The largest absolute Gasteiger partial charge is 0.426 e. The molecule has 8 atom stereocenters. The molecule has 2 nitrogen and oxygen atoms in total. The Morgan fingerprint density at radius 3 is 1.83 bits per heavy atom. The van der Waals surface area contributed by atoms with E-state index in [-0.39, 0.29) is 41.6 Å². The van der Waals surface area contributed by atoms with Crippen LogP contribution in [0.15, 0.2) is 0 Å². The number of halogens is 6. The fourth-order valence-electron chi connectivity index (χ4n) is 6.71. The van der Waals surface area contributed by atoms with E-state index in [0.29, 0.717) is 19.3 Å². The van der Waals surface area contributed by atoms with Gasteiger partial charge >= 0.3 is 12.4 Å². The molecule has 4 aliphatic carbocycles. The first kappa shape index (κ1) is 16.9. The first-order chi connectivity index (χ1) is 10.9. The van der Waals surface area contributed by atoms with E-state index >= 15 is 0 Å². The number of rotatable bonds is 2. The third-order valence-electron chi connectivity index (χ3n) is 7.42. The van der Waals surface area contributed by atoms with Crippen molar-refractivity contribution in [3.05, 3.63) is 0 Å². The minimum absolute atomic E-state index is 0.0978. The molecule has 8 unspecified atom stereocenters. The highest BCUT2D eigenvalue weighted by Crippen LogP contribution is 2.70. The van der Waals surface area contributed by atoms with Gasteiger partial charge in [0.25, 0.3) is 5.60 Å². The molecule has 4 fully saturated rings. The smallest absolute Gasteiger partial charge is 0.393 e. The topological polar surface area (TPSA) is 40.5 Å². The van der Waals surface area contributed by atoms with Crippen molar-refractivity contribution in [3.63, 3.8) is 0 Å². The number of hydrogen-bond donors (Lipinski definition) is 2. The van der Waals surface area contributed by atoms with Crippen LogP contribution >= 0.6 is 0 Å². The molecular weight excluding hydrogens is 338 g/mol. The lowest BCUT2D eigenvalue weighted by atomic mass is 9.65. The van der Waals surface area contributed by atoms with Gasteiger partial charge in [-0.05, 0) is 73.5 Å². The lowest BCUT2D eigenvalue weighted by Gasteiger charge is -2.43. The molecule has 0 aromatic heterocycles. The molecule has 0 heterocycles. The zero-order chi connectivity index (χ0) is 17.7. The van der Waals surface area contributed by atoms with Gasteiger partial charge in [-0.1, -0.05) is 0 Å². The number of hydrogen-bond acceptors (Lipinski definition) is 2. The van der Waals surface area contributed by atoms with Gasteiger partial charge in [-0.25, -0.2) is 0 Å². The summed E-state index contributed by atoms with van der Waals surface area (Å²) in [7, 11) is 0. The Morgan fingerprint density at radius 1 is 0.750 bits per heavy atom. The maximum absolute atomic E-state index is 13.0. The molecule has 4 bridgehead atoms. The predicted octanol–water partition coefficient (Wildman–Crippen LogP) is 3.52. The average Bonchev–Trinajstić information content (AvgIpc) is 3.12. The quantitative estimate of drug-likeness (QED) is 0.586. The maximum Gasteiger partial charge on any atom is 0.426 e. The van der Waals surface area contributed by atoms with Crippen molar-refractivity contribution in [2.24, 2.45) is 41.4 Å². The summed E-state index contributed by atoms with van der Waals surface area (Å²) in [4.78, 5) is 0. The van der Waals surface area contributed by atoms with Gasteiger partial charge in [0.05, 0.1) is 6.10 Å². The zero-order valence-corrected chi connectivity index (χ0v) is 12.8. The highest BCUT2D eigenvalue weighted by atomic mass is 19.4. The Hall–Kier alpha value is -0.500. The average molecular weight is 358 g/mol. The molecule has 4 rings (SSSR count). The minimum atomic E-state index is -5.72. The summed E-state index contributed by atoms with van der Waals surface area (Å²) in [6.07, 6.45) is -10.7. The van der Waals surface area contributed by atoms with Crippen LogP contribution in [0, 0.1) is 41.4 Å². The van der Waals surface area contributed by atoms with Crippen molar-refractivity contribution in [1.29, 1.82) is 0 Å². The van der Waals surface area contributed by atoms with E-state index in [4.69, 9.17) is 0 Å². The fourth-order valence-corrected chi connectivity index (χ4v) is 6.71. The first-order valence-corrected chi connectivity index (χ1v) is 8.48. The standard InChI is InChI=1S/C16H20F6O2/c17-15(18,19)14(24,16(20,21)22)5-8-1-6-2-9(8)12-7-3-10(13(6)12)11(23)4-7/h6-13,23-24H,1-5H2. The van der Waals surface area contributed by atoms with Crippen LogP contribution in [0.5, 0.6) is 0 Å². The maximum atomic E-state index is 13.0. The Morgan fingerprint density at radius 2 is 1.25 bits per heavy atom. The summed E-state index contributed by atoms with van der Waals surface area (Å²) in [6, 6.07) is 0. The van der Waals surface area contributed by atoms with Crippen molar-refractivity contribution in [1.82, 2.24) is 0 Å². The molecule has 8 heteroatoms. The summed E-state index contributed by atoms with van der Waals surface area (Å²) in [6.45, 7) is 0. The van der Waals surface area contributed by atoms with Crippen molar-refractivity contribution >= 4 is 0 Å². The minimum Gasteiger partial charge on any atom is -0.393 e. The molecule has 24 heavy (non-hydrogen) atoms. The fraction of sp³-hybridized carbons (Fsp3) is 1.00. The second-order valence-corrected chi connectivity index (χ2v) is 8.33. The van der Waals surface area contributed by atoms with Gasteiger partial charge in [-0.3, -0.25) is 0 Å². The second kappa shape index (κ2) is 4.81. The molecular formula is C16H20F6O2. The second-order valence-electron chi connectivity index (χ2n) is 8.33. The molecule has 0 aromatic carbocycles. The van der Waals surface area contributed by atoms with Crippen LogP contribution in [0.1, 0.15) is 32.1 Å². The molecule has 0 saturated heterocycles. The van der Waals surface area contributed by atoms with Crippen LogP contribution in [-0.4, -0.2) is 34.3 Å². The van der Waals surface area contributed by atoms with E-state index in [1.165, 1.54) is 0 Å². The number of aliphatic hydroxyl groups is 2. The van der Waals surface area contributed by atoms with Gasteiger partial charge in [0, 0.05) is 0 Å². The molecule has 4 aliphatic rings. The highest BCUT2D eigenvalue weighted by Gasteiger charge is 2.73. The van der Waals surface area contributed by atoms with E-state index in [9.17, 15) is 36.6 Å². The Bertz CT molecular complexity index is 516. The molecule has 0 radical (unpaired) electrons. The molecule has 138 valence electrons. The van der Waals surface area contributed by atoms with Gasteiger partial charge in [0.1, 0.15) is 0 Å². The van der Waals surface area contributed by atoms with Crippen LogP contribution in [0.3, 0.4) is 0 Å². The Kier molecular flexibility index (Phi) is 3.40. The van der Waals surface area contributed by atoms with Gasteiger partial charge in [0.2, 0.25) is 0 Å². The summed E-state index contributed by atoms with van der Waals surface area (Å²) >= 11 is 0. The predicted molar refractivity (Wildman–Crippen MR) is 70.6 cm³/mol. The number of alkyl halides is 6. The third kappa shape index (κ3) is 2.04. The first-order valence-electron chi connectivity index (χ1n) is 8.48. The van der Waals surface area contributed by atoms with Crippen molar-refractivity contribution in [2.45, 2.75) is 56.2 Å². The summed E-state index contributed by atoms with van der Waals surface area (Å²) in [5, 5.41) is 19.5. The molecule has 0 spiro atoms. The molecule has 2 N–H and O–H groups in total. The van der Waals surface area contributed by atoms with E-state index in [1.807, 2.05) is 0 Å². The van der Waals surface area contributed by atoms with Crippen molar-refractivity contribution < 1.29 is 36.6 Å². The molecule has 0 aromatic rings. The van der Waals surface area contributed by atoms with Gasteiger partial charge in [0.15, 0.2) is 0 Å². The SMILES string of the molecule is OC1CC2CC1C1C3CC(CC(O)(C(F)(F)F)C(F)(F)F)C(C3)C21. The Balaban J connectivity index is 1.56. The monoisotopic (exact) mass is 358 g/mol. The number of aliphatic hydroxyl groups excluding tert-OH is 1. The van der Waals surface area contributed by atoms with E-state index in [2.05, 4.69) is 0 Å². The van der Waals surface area contributed by atoms with Crippen LogP contribution in [0.2, 0.25) is 0 Å². The molecule has 4 saturated carbocycles. The molecule has 0 amide bonds.